The molecule has 0 spiro atoms. The standard InChI is InChI=1S/C12H21NO/c13-7-11(14)12-4-8-1-9(5-12)3-10(2-8)6-12/h8-11,14H,1-7,13H2/p+1/t8?,9?,10?,11-,12?/m0/s1. The van der Waals surface area contributed by atoms with Gasteiger partial charge >= 0.3 is 0 Å². The quantitative estimate of drug-likeness (QED) is 0.674. The highest BCUT2D eigenvalue weighted by atomic mass is 16.3. The minimum atomic E-state index is -0.115. The molecule has 4 fully saturated rings. The smallest absolute Gasteiger partial charge is 0.108 e. The van der Waals surface area contributed by atoms with E-state index >= 15 is 0 Å². The van der Waals surface area contributed by atoms with Gasteiger partial charge < -0.3 is 10.8 Å². The van der Waals surface area contributed by atoms with Crippen molar-refractivity contribution in [3.05, 3.63) is 0 Å². The maximum absolute atomic E-state index is 10.2. The number of hydrogen-bond donors (Lipinski definition) is 2. The van der Waals surface area contributed by atoms with Crippen LogP contribution in [0.5, 0.6) is 0 Å². The Kier molecular flexibility index (Phi) is 1.94. The van der Waals surface area contributed by atoms with Gasteiger partial charge in [0, 0.05) is 5.41 Å². The number of quaternary nitrogens is 1. The second kappa shape index (κ2) is 2.96. The van der Waals surface area contributed by atoms with E-state index in [2.05, 4.69) is 5.73 Å². The Balaban J connectivity index is 1.87. The molecule has 4 aliphatic rings. The van der Waals surface area contributed by atoms with E-state index in [0.29, 0.717) is 12.0 Å². The lowest BCUT2D eigenvalue weighted by Crippen LogP contribution is -2.63. The van der Waals surface area contributed by atoms with Crippen molar-refractivity contribution >= 4 is 0 Å². The Morgan fingerprint density at radius 3 is 1.86 bits per heavy atom. The van der Waals surface area contributed by atoms with Crippen molar-refractivity contribution in [3.63, 3.8) is 0 Å². The summed E-state index contributed by atoms with van der Waals surface area (Å²) in [5.41, 5.74) is 4.19. The summed E-state index contributed by atoms with van der Waals surface area (Å²) < 4.78 is 0. The topological polar surface area (TPSA) is 47.9 Å². The normalized spacial score (nSPS) is 52.3. The molecule has 80 valence electrons. The lowest BCUT2D eigenvalue weighted by Gasteiger charge is -2.57. The van der Waals surface area contributed by atoms with Crippen LogP contribution in [0.15, 0.2) is 0 Å². The fourth-order valence-corrected chi connectivity index (χ4v) is 4.89. The summed E-state index contributed by atoms with van der Waals surface area (Å²) in [5.74, 6) is 2.84. The van der Waals surface area contributed by atoms with Crippen LogP contribution in [-0.4, -0.2) is 17.8 Å². The maximum atomic E-state index is 10.2. The third-order valence-electron chi connectivity index (χ3n) is 5.07. The number of rotatable bonds is 2. The molecule has 2 heteroatoms. The molecule has 0 heterocycles. The fourth-order valence-electron chi connectivity index (χ4n) is 4.89. The highest BCUT2D eigenvalue weighted by Gasteiger charge is 2.54. The summed E-state index contributed by atoms with van der Waals surface area (Å²) in [6.45, 7) is 0.714. The Bertz CT molecular complexity index is 203. The first-order valence-electron chi connectivity index (χ1n) is 6.19. The maximum Gasteiger partial charge on any atom is 0.108 e. The molecule has 14 heavy (non-hydrogen) atoms. The zero-order valence-corrected chi connectivity index (χ0v) is 8.91. The van der Waals surface area contributed by atoms with Gasteiger partial charge in [0.15, 0.2) is 0 Å². The van der Waals surface area contributed by atoms with Gasteiger partial charge in [-0.3, -0.25) is 0 Å². The van der Waals surface area contributed by atoms with Gasteiger partial charge in [0.2, 0.25) is 0 Å². The summed E-state index contributed by atoms with van der Waals surface area (Å²) in [6.07, 6.45) is 8.17. The first-order valence-corrected chi connectivity index (χ1v) is 6.19. The zero-order valence-electron chi connectivity index (χ0n) is 8.91. The van der Waals surface area contributed by atoms with Gasteiger partial charge in [-0.15, -0.1) is 0 Å². The molecule has 0 saturated heterocycles. The van der Waals surface area contributed by atoms with Crippen LogP contribution >= 0.6 is 0 Å². The Labute approximate surface area is 85.9 Å². The summed E-state index contributed by atoms with van der Waals surface area (Å²) >= 11 is 0. The molecule has 4 saturated carbocycles. The molecule has 0 amide bonds. The van der Waals surface area contributed by atoms with E-state index in [0.717, 1.165) is 17.8 Å². The Morgan fingerprint density at radius 2 is 1.50 bits per heavy atom. The molecule has 0 radical (unpaired) electrons. The van der Waals surface area contributed by atoms with Crippen LogP contribution in [0.25, 0.3) is 0 Å². The van der Waals surface area contributed by atoms with Gasteiger partial charge in [-0.05, 0) is 56.3 Å². The van der Waals surface area contributed by atoms with Crippen molar-refractivity contribution in [3.8, 4) is 0 Å². The molecule has 0 aromatic carbocycles. The third kappa shape index (κ3) is 1.17. The minimum absolute atomic E-state index is 0.115. The van der Waals surface area contributed by atoms with Gasteiger partial charge in [-0.2, -0.15) is 0 Å². The Morgan fingerprint density at radius 1 is 1.07 bits per heavy atom. The van der Waals surface area contributed by atoms with Crippen molar-refractivity contribution in [2.45, 2.75) is 44.6 Å². The SMILES string of the molecule is [NH3+]C[C@H](O)C12CC3CC(CC(C3)C1)C2. The lowest BCUT2D eigenvalue weighted by molar-refractivity contribution is -0.395. The number of hydrogen-bond acceptors (Lipinski definition) is 1. The number of aliphatic hydroxyl groups is 1. The largest absolute Gasteiger partial charge is 0.387 e. The van der Waals surface area contributed by atoms with Gasteiger partial charge in [-0.1, -0.05) is 0 Å². The van der Waals surface area contributed by atoms with E-state index in [1.165, 1.54) is 38.5 Å². The summed E-state index contributed by atoms with van der Waals surface area (Å²) in [6, 6.07) is 0. The van der Waals surface area contributed by atoms with Crippen LogP contribution in [0.1, 0.15) is 38.5 Å². The van der Waals surface area contributed by atoms with Gasteiger partial charge in [0.1, 0.15) is 12.6 Å². The van der Waals surface area contributed by atoms with Crippen LogP contribution in [0, 0.1) is 23.2 Å². The number of aliphatic hydroxyl groups excluding tert-OH is 1. The van der Waals surface area contributed by atoms with Crippen molar-refractivity contribution < 1.29 is 10.8 Å². The Hall–Kier alpha value is -0.0800. The van der Waals surface area contributed by atoms with Gasteiger partial charge in [-0.25, -0.2) is 0 Å². The molecule has 0 aromatic rings. The lowest BCUT2D eigenvalue weighted by atomic mass is 9.48. The molecule has 4 aliphatic carbocycles. The molecule has 0 aliphatic heterocycles. The van der Waals surface area contributed by atoms with Crippen LogP contribution in [0.4, 0.5) is 0 Å². The average molecular weight is 196 g/mol. The fraction of sp³-hybridized carbons (Fsp3) is 1.00. The first kappa shape index (κ1) is 9.17. The molecular formula is C12H22NO+. The van der Waals surface area contributed by atoms with E-state index in [1.54, 1.807) is 0 Å². The van der Waals surface area contributed by atoms with Crippen molar-refractivity contribution in [2.75, 3.05) is 6.54 Å². The molecule has 4 bridgehead atoms. The van der Waals surface area contributed by atoms with Crippen molar-refractivity contribution in [2.24, 2.45) is 23.2 Å². The van der Waals surface area contributed by atoms with E-state index in [9.17, 15) is 5.11 Å². The summed E-state index contributed by atoms with van der Waals surface area (Å²) in [7, 11) is 0. The van der Waals surface area contributed by atoms with Crippen LogP contribution in [0.2, 0.25) is 0 Å². The summed E-state index contributed by atoms with van der Waals surface area (Å²) in [4.78, 5) is 0. The van der Waals surface area contributed by atoms with Gasteiger partial charge in [0.05, 0.1) is 0 Å². The molecule has 0 unspecified atom stereocenters. The average Bonchev–Trinajstić information content (AvgIpc) is 2.14. The molecule has 0 aromatic heterocycles. The van der Waals surface area contributed by atoms with Crippen molar-refractivity contribution in [1.29, 1.82) is 0 Å². The van der Waals surface area contributed by atoms with E-state index in [1.807, 2.05) is 0 Å². The van der Waals surface area contributed by atoms with E-state index in [-0.39, 0.29) is 6.10 Å². The van der Waals surface area contributed by atoms with E-state index < -0.39 is 0 Å². The molecule has 4 N–H and O–H groups in total. The van der Waals surface area contributed by atoms with Crippen molar-refractivity contribution in [1.82, 2.24) is 0 Å². The zero-order chi connectivity index (χ0) is 9.76. The van der Waals surface area contributed by atoms with Gasteiger partial charge in [0.25, 0.3) is 0 Å². The van der Waals surface area contributed by atoms with E-state index in [4.69, 9.17) is 0 Å². The second-order valence-electron chi connectivity index (χ2n) is 6.08. The second-order valence-corrected chi connectivity index (χ2v) is 6.08. The molecule has 4 rings (SSSR count). The third-order valence-corrected chi connectivity index (χ3v) is 5.07. The predicted octanol–water partition coefficient (Wildman–Crippen LogP) is 0.806. The highest BCUT2D eigenvalue weighted by Crippen LogP contribution is 2.61. The minimum Gasteiger partial charge on any atom is -0.387 e. The highest BCUT2D eigenvalue weighted by molar-refractivity contribution is 5.03. The molecular weight excluding hydrogens is 174 g/mol. The molecule has 1 atom stereocenters. The predicted molar refractivity (Wildman–Crippen MR) is 54.4 cm³/mol. The van der Waals surface area contributed by atoms with Crippen LogP contribution in [0.3, 0.4) is 0 Å². The monoisotopic (exact) mass is 196 g/mol. The summed E-state index contributed by atoms with van der Waals surface area (Å²) in [5, 5.41) is 10.2. The van der Waals surface area contributed by atoms with Crippen LogP contribution in [-0.2, 0) is 0 Å². The first-order chi connectivity index (χ1) is 6.72. The van der Waals surface area contributed by atoms with Crippen LogP contribution < -0.4 is 5.73 Å². The molecule has 2 nitrogen and oxygen atoms in total.